The van der Waals surface area contributed by atoms with Crippen LogP contribution in [0.2, 0.25) is 0 Å². The van der Waals surface area contributed by atoms with Crippen LogP contribution < -0.4 is 0 Å². The summed E-state index contributed by atoms with van der Waals surface area (Å²) in [6.45, 7) is 0. The van der Waals surface area contributed by atoms with Gasteiger partial charge < -0.3 is 0 Å². The molecule has 34 heavy (non-hydrogen) atoms. The molecule has 0 N–H and O–H groups in total. The monoisotopic (exact) mass is 544 g/mol. The Bertz CT molecular complexity index is 637. The Morgan fingerprint density at radius 1 is 0.529 bits per heavy atom. The van der Waals surface area contributed by atoms with Crippen LogP contribution in [0.1, 0.15) is 5.56 Å². The maximum Gasteiger partial charge on any atom is 2.00 e. The first-order valence-electron chi connectivity index (χ1n) is 10.7. The van der Waals surface area contributed by atoms with Crippen molar-refractivity contribution in [2.45, 2.75) is 0 Å². The van der Waals surface area contributed by atoms with Crippen molar-refractivity contribution < 1.29 is 34.1 Å². The predicted octanol–water partition coefficient (Wildman–Crippen LogP) is 7.17. The summed E-state index contributed by atoms with van der Waals surface area (Å²) in [5.74, 6) is 2.52. The third-order valence-electron chi connectivity index (χ3n) is 4.69. The third kappa shape index (κ3) is 11.9. The fourth-order valence-corrected chi connectivity index (χ4v) is 3.68. The molecule has 4 fully saturated rings. The maximum absolute atomic E-state index is 2.27. The Labute approximate surface area is 236 Å². The molecule has 170 valence electrons. The number of benzene rings is 1. The molecule has 4 saturated carbocycles. The summed E-state index contributed by atoms with van der Waals surface area (Å²) in [7, 11) is 0. The molecular formula is C31H28Fe2S+4. The Kier molecular flexibility index (Phi) is 19.1. The smallest absolute Gasteiger partial charge is 0.137 e. The van der Waals surface area contributed by atoms with Gasteiger partial charge in [-0.2, -0.15) is 0 Å². The molecule has 0 aromatic heterocycles. The summed E-state index contributed by atoms with van der Waals surface area (Å²) in [5, 5.41) is 2.23. The molecule has 0 heterocycles. The molecule has 5 rings (SSSR count). The van der Waals surface area contributed by atoms with Crippen molar-refractivity contribution >= 4 is 17.8 Å². The quantitative estimate of drug-likeness (QED) is 0.280. The summed E-state index contributed by atoms with van der Waals surface area (Å²) >= 11 is 1.74. The van der Waals surface area contributed by atoms with Crippen molar-refractivity contribution in [3.05, 3.63) is 180 Å². The zero-order valence-corrected chi connectivity index (χ0v) is 22.1. The minimum atomic E-state index is 0. The van der Waals surface area contributed by atoms with Crippen LogP contribution >= 0.6 is 11.8 Å². The minimum Gasteiger partial charge on any atom is -0.137 e. The van der Waals surface area contributed by atoms with Crippen LogP contribution in [-0.4, -0.2) is 6.26 Å². The standard InChI is InChI=1S/C21H18S.2C5H5.2Fe/c1-22-16-21(19-13-7-8-14-19)20(18-11-5-6-12-18)15-17-9-3-2-4-10-17;2*1-2-4-5-3-1;;/h2-16H,1H3;2*1-5H;;/q;;;2*+2/b20-15-,21-16+;;;;. The van der Waals surface area contributed by atoms with E-state index in [9.17, 15) is 0 Å². The van der Waals surface area contributed by atoms with Gasteiger partial charge in [0.05, 0.1) is 0 Å². The van der Waals surface area contributed by atoms with Gasteiger partial charge >= 0.3 is 34.1 Å². The molecular weight excluding hydrogens is 516 g/mol. The third-order valence-corrected chi connectivity index (χ3v) is 5.17. The summed E-state index contributed by atoms with van der Waals surface area (Å²) in [5.41, 5.74) is 3.75. The first-order chi connectivity index (χ1) is 15.9. The Balaban J connectivity index is 0.000000399. The van der Waals surface area contributed by atoms with Crippen LogP contribution in [0, 0.1) is 127 Å². The van der Waals surface area contributed by atoms with Gasteiger partial charge in [-0.1, -0.05) is 36.4 Å². The molecule has 4 aliphatic rings. The summed E-state index contributed by atoms with van der Waals surface area (Å²) < 4.78 is 0. The average molecular weight is 544 g/mol. The SMILES string of the molecule is CS/C=C([C]1[CH][CH][CH][CH]1)/C(=C\c1ccccc1)[C]1[CH][CH][CH][CH]1.[CH]1[CH][CH][CH][CH]1.[CH]1[CH][CH][CH][CH]1.[Fe+2].[Fe+2]. The van der Waals surface area contributed by atoms with E-state index in [0.29, 0.717) is 0 Å². The second-order valence-corrected chi connectivity index (χ2v) is 7.71. The average Bonchev–Trinajstić information content (AvgIpc) is 3.65. The van der Waals surface area contributed by atoms with Crippen molar-refractivity contribution in [2.75, 3.05) is 6.26 Å². The second kappa shape index (κ2) is 20.2. The molecule has 0 nitrogen and oxygen atoms in total. The van der Waals surface area contributed by atoms with Crippen LogP contribution in [0.3, 0.4) is 0 Å². The topological polar surface area (TPSA) is 0 Å². The molecule has 1 aromatic rings. The van der Waals surface area contributed by atoms with E-state index in [2.05, 4.69) is 99.4 Å². The first kappa shape index (κ1) is 32.1. The van der Waals surface area contributed by atoms with E-state index in [1.807, 2.05) is 64.2 Å². The Morgan fingerprint density at radius 3 is 1.29 bits per heavy atom. The summed E-state index contributed by atoms with van der Waals surface area (Å²) in [6, 6.07) is 10.5. The normalized spacial score (nSPS) is 21.1. The molecule has 0 atom stereocenters. The van der Waals surface area contributed by atoms with E-state index >= 15 is 0 Å². The largest absolute Gasteiger partial charge is 2.00 e. The van der Waals surface area contributed by atoms with Crippen LogP contribution in [-0.2, 0) is 34.1 Å². The Morgan fingerprint density at radius 2 is 0.912 bits per heavy atom. The van der Waals surface area contributed by atoms with Crippen molar-refractivity contribution in [1.82, 2.24) is 0 Å². The molecule has 3 heteroatoms. The van der Waals surface area contributed by atoms with Crippen molar-refractivity contribution in [1.29, 1.82) is 0 Å². The van der Waals surface area contributed by atoms with Crippen LogP contribution in [0.5, 0.6) is 0 Å². The van der Waals surface area contributed by atoms with Gasteiger partial charge in [0.25, 0.3) is 0 Å². The van der Waals surface area contributed by atoms with Gasteiger partial charge in [0.15, 0.2) is 0 Å². The number of thioether (sulfide) groups is 1. The molecule has 0 saturated heterocycles. The molecule has 0 spiro atoms. The van der Waals surface area contributed by atoms with Gasteiger partial charge in [0.2, 0.25) is 0 Å². The summed E-state index contributed by atoms with van der Waals surface area (Å²) in [4.78, 5) is 0. The van der Waals surface area contributed by atoms with E-state index in [1.54, 1.807) is 11.8 Å². The molecule has 0 bridgehead atoms. The maximum atomic E-state index is 2.27. The molecule has 20 radical (unpaired) electrons. The van der Waals surface area contributed by atoms with Crippen molar-refractivity contribution in [3.63, 3.8) is 0 Å². The van der Waals surface area contributed by atoms with Crippen molar-refractivity contribution in [3.8, 4) is 0 Å². The van der Waals surface area contributed by atoms with Gasteiger partial charge in [-0.25, -0.2) is 0 Å². The second-order valence-electron chi connectivity index (χ2n) is 7.01. The fraction of sp³-hybridized carbons (Fsp3) is 0.0323. The van der Waals surface area contributed by atoms with Crippen molar-refractivity contribution in [2.24, 2.45) is 0 Å². The van der Waals surface area contributed by atoms with E-state index in [-0.39, 0.29) is 34.1 Å². The van der Waals surface area contributed by atoms with E-state index in [4.69, 9.17) is 0 Å². The number of allylic oxidation sites excluding steroid dienone is 2. The van der Waals surface area contributed by atoms with E-state index in [0.717, 1.165) is 0 Å². The van der Waals surface area contributed by atoms with Crippen LogP contribution in [0.25, 0.3) is 6.08 Å². The molecule has 4 aliphatic carbocycles. The molecule has 0 aliphatic heterocycles. The van der Waals surface area contributed by atoms with Gasteiger partial charge in [-0.3, -0.25) is 0 Å². The zero-order valence-electron chi connectivity index (χ0n) is 19.0. The molecule has 0 amide bonds. The number of hydrogen-bond donors (Lipinski definition) is 0. The summed E-state index contributed by atoms with van der Waals surface area (Å²) in [6.07, 6.45) is 41.4. The van der Waals surface area contributed by atoms with Gasteiger partial charge in [-0.15, -0.1) is 11.8 Å². The van der Waals surface area contributed by atoms with Crippen LogP contribution in [0.15, 0.2) is 46.9 Å². The van der Waals surface area contributed by atoms with Gasteiger partial charge in [0.1, 0.15) is 0 Å². The molecule has 1 aromatic carbocycles. The predicted molar refractivity (Wildman–Crippen MR) is 140 cm³/mol. The van der Waals surface area contributed by atoms with Crippen LogP contribution in [0.4, 0.5) is 0 Å². The zero-order chi connectivity index (χ0) is 22.3. The Hall–Kier alpha value is 0.0890. The first-order valence-corrected chi connectivity index (χ1v) is 11.9. The fourth-order valence-electron chi connectivity index (χ4n) is 3.19. The number of hydrogen-bond acceptors (Lipinski definition) is 1. The van der Waals surface area contributed by atoms with E-state index in [1.165, 1.54) is 28.5 Å². The number of rotatable bonds is 5. The van der Waals surface area contributed by atoms with Gasteiger partial charge in [-0.05, 0) is 144 Å². The molecule has 0 unspecified atom stereocenters. The van der Waals surface area contributed by atoms with Gasteiger partial charge in [0, 0.05) is 11.8 Å². The van der Waals surface area contributed by atoms with E-state index < -0.39 is 0 Å². The minimum absolute atomic E-state index is 0.